The largest absolute Gasteiger partial charge is 0.490 e. The molecular formula is C21H21NO5. The molecule has 2 aromatic carbocycles. The molecule has 27 heavy (non-hydrogen) atoms. The monoisotopic (exact) mass is 367 g/mol. The van der Waals surface area contributed by atoms with Gasteiger partial charge in [-0.25, -0.2) is 0 Å². The summed E-state index contributed by atoms with van der Waals surface area (Å²) in [6.45, 7) is 4.09. The van der Waals surface area contributed by atoms with Gasteiger partial charge >= 0.3 is 0 Å². The first-order valence-corrected chi connectivity index (χ1v) is 8.74. The van der Waals surface area contributed by atoms with Crippen LogP contribution >= 0.6 is 0 Å². The summed E-state index contributed by atoms with van der Waals surface area (Å²) in [4.78, 5) is 23.2. The van der Waals surface area contributed by atoms with E-state index >= 15 is 0 Å². The Balaban J connectivity index is 1.65. The zero-order valence-corrected chi connectivity index (χ0v) is 15.2. The number of aldehydes is 1. The van der Waals surface area contributed by atoms with Gasteiger partial charge in [-0.05, 0) is 38.1 Å². The predicted octanol–water partition coefficient (Wildman–Crippen LogP) is 3.90. The number of nitrogens with one attached hydrogen (secondary N) is 1. The number of furan rings is 1. The van der Waals surface area contributed by atoms with Crippen LogP contribution in [0.3, 0.4) is 0 Å². The Hall–Kier alpha value is -3.28. The van der Waals surface area contributed by atoms with Gasteiger partial charge in [0.25, 0.3) is 5.91 Å². The number of para-hydroxylation sites is 2. The Kier molecular flexibility index (Phi) is 5.76. The fourth-order valence-corrected chi connectivity index (χ4v) is 2.75. The van der Waals surface area contributed by atoms with Crippen molar-refractivity contribution in [3.8, 4) is 11.5 Å². The Labute approximate surface area is 157 Å². The maximum absolute atomic E-state index is 12.2. The first-order chi connectivity index (χ1) is 13.1. The summed E-state index contributed by atoms with van der Waals surface area (Å²) in [7, 11) is 0. The van der Waals surface area contributed by atoms with E-state index in [1.165, 1.54) is 0 Å². The van der Waals surface area contributed by atoms with Crippen molar-refractivity contribution < 1.29 is 23.5 Å². The number of rotatable bonds is 8. The van der Waals surface area contributed by atoms with Crippen molar-refractivity contribution in [2.24, 2.45) is 0 Å². The first-order valence-electron chi connectivity index (χ1n) is 8.74. The molecule has 1 heterocycles. The molecule has 0 fully saturated rings. The van der Waals surface area contributed by atoms with Gasteiger partial charge < -0.3 is 19.2 Å². The van der Waals surface area contributed by atoms with Crippen molar-refractivity contribution in [2.45, 2.75) is 19.9 Å². The minimum Gasteiger partial charge on any atom is -0.490 e. The normalized spacial score (nSPS) is 11.8. The molecular weight excluding hydrogens is 346 g/mol. The minimum atomic E-state index is -0.343. The van der Waals surface area contributed by atoms with Gasteiger partial charge in [0.05, 0.1) is 18.2 Å². The van der Waals surface area contributed by atoms with Crippen LogP contribution in [0.2, 0.25) is 0 Å². The van der Waals surface area contributed by atoms with Gasteiger partial charge in [0, 0.05) is 5.39 Å². The van der Waals surface area contributed by atoms with Crippen LogP contribution < -0.4 is 14.8 Å². The van der Waals surface area contributed by atoms with E-state index in [9.17, 15) is 9.59 Å². The molecule has 0 aliphatic carbocycles. The van der Waals surface area contributed by atoms with Crippen LogP contribution in [0.5, 0.6) is 11.5 Å². The van der Waals surface area contributed by atoms with E-state index in [2.05, 4.69) is 5.32 Å². The van der Waals surface area contributed by atoms with Crippen LogP contribution in [0, 0.1) is 0 Å². The highest BCUT2D eigenvalue weighted by Gasteiger charge is 2.17. The molecule has 1 atom stereocenters. The Morgan fingerprint density at radius 3 is 2.70 bits per heavy atom. The highest BCUT2D eigenvalue weighted by Crippen LogP contribution is 2.31. The second-order valence-electron chi connectivity index (χ2n) is 5.99. The quantitative estimate of drug-likeness (QED) is 0.611. The molecule has 0 bridgehead atoms. The van der Waals surface area contributed by atoms with Crippen molar-refractivity contribution in [3.05, 3.63) is 59.9 Å². The van der Waals surface area contributed by atoms with E-state index in [1.807, 2.05) is 38.1 Å². The summed E-state index contributed by atoms with van der Waals surface area (Å²) in [6, 6.07) is 14.0. The predicted molar refractivity (Wildman–Crippen MR) is 101 cm³/mol. The average Bonchev–Trinajstić information content (AvgIpc) is 3.12. The zero-order valence-electron chi connectivity index (χ0n) is 15.2. The lowest BCUT2D eigenvalue weighted by atomic mass is 10.2. The number of carbonyl (C=O) groups is 2. The molecule has 0 aliphatic heterocycles. The summed E-state index contributed by atoms with van der Waals surface area (Å²) in [6.07, 6.45) is 0.695. The van der Waals surface area contributed by atoms with Gasteiger partial charge in [0.1, 0.15) is 11.5 Å². The van der Waals surface area contributed by atoms with E-state index in [4.69, 9.17) is 13.9 Å². The van der Waals surface area contributed by atoms with E-state index < -0.39 is 0 Å². The summed E-state index contributed by atoms with van der Waals surface area (Å²) in [5, 5.41) is 3.74. The molecule has 1 amide bonds. The highest BCUT2D eigenvalue weighted by atomic mass is 16.5. The lowest BCUT2D eigenvalue weighted by molar-refractivity contribution is -0.123. The molecule has 1 unspecified atom stereocenters. The maximum atomic E-state index is 12.2. The van der Waals surface area contributed by atoms with Crippen molar-refractivity contribution in [2.75, 3.05) is 13.2 Å². The molecule has 1 N–H and O–H groups in total. The average molecular weight is 367 g/mol. The van der Waals surface area contributed by atoms with Gasteiger partial charge in [-0.15, -0.1) is 0 Å². The van der Waals surface area contributed by atoms with E-state index in [1.54, 1.807) is 24.3 Å². The third-order valence-electron chi connectivity index (χ3n) is 4.04. The highest BCUT2D eigenvalue weighted by molar-refractivity contribution is 5.84. The third-order valence-corrected chi connectivity index (χ3v) is 4.04. The molecule has 3 rings (SSSR count). The van der Waals surface area contributed by atoms with Gasteiger partial charge in [0.2, 0.25) is 0 Å². The van der Waals surface area contributed by atoms with Crippen molar-refractivity contribution in [1.29, 1.82) is 0 Å². The third kappa shape index (κ3) is 4.28. The maximum Gasteiger partial charge on any atom is 0.258 e. The molecule has 140 valence electrons. The minimum absolute atomic E-state index is 0.195. The second-order valence-corrected chi connectivity index (χ2v) is 5.99. The van der Waals surface area contributed by atoms with Crippen LogP contribution in [-0.2, 0) is 4.79 Å². The van der Waals surface area contributed by atoms with Gasteiger partial charge in [-0.2, -0.15) is 0 Å². The molecule has 3 aromatic rings. The molecule has 0 saturated heterocycles. The van der Waals surface area contributed by atoms with Crippen LogP contribution in [0.4, 0.5) is 0 Å². The smallest absolute Gasteiger partial charge is 0.258 e. The summed E-state index contributed by atoms with van der Waals surface area (Å²) in [5.41, 5.74) is 1.06. The molecule has 0 saturated carbocycles. The number of hydrogen-bond acceptors (Lipinski definition) is 5. The lowest BCUT2D eigenvalue weighted by Gasteiger charge is -2.12. The molecule has 0 radical (unpaired) electrons. The summed E-state index contributed by atoms with van der Waals surface area (Å²) in [5.74, 6) is 1.36. The van der Waals surface area contributed by atoms with Crippen molar-refractivity contribution in [1.82, 2.24) is 5.32 Å². The van der Waals surface area contributed by atoms with Crippen molar-refractivity contribution in [3.63, 3.8) is 0 Å². The molecule has 0 aliphatic rings. The second kappa shape index (κ2) is 8.40. The topological polar surface area (TPSA) is 77.8 Å². The van der Waals surface area contributed by atoms with E-state index in [-0.39, 0.29) is 18.6 Å². The molecule has 0 spiro atoms. The van der Waals surface area contributed by atoms with Crippen LogP contribution in [0.15, 0.2) is 52.9 Å². The van der Waals surface area contributed by atoms with Gasteiger partial charge in [-0.1, -0.05) is 24.3 Å². The van der Waals surface area contributed by atoms with Gasteiger partial charge in [-0.3, -0.25) is 9.59 Å². The Morgan fingerprint density at radius 1 is 1.15 bits per heavy atom. The van der Waals surface area contributed by atoms with Crippen LogP contribution in [0.1, 0.15) is 36.0 Å². The first kappa shape index (κ1) is 18.5. The van der Waals surface area contributed by atoms with Crippen LogP contribution in [0.25, 0.3) is 11.0 Å². The van der Waals surface area contributed by atoms with Crippen molar-refractivity contribution >= 4 is 23.2 Å². The lowest BCUT2D eigenvalue weighted by Crippen LogP contribution is -2.31. The number of fused-ring (bicyclic) bond motifs is 1. The van der Waals surface area contributed by atoms with Crippen LogP contribution in [-0.4, -0.2) is 25.4 Å². The fourth-order valence-electron chi connectivity index (χ4n) is 2.75. The van der Waals surface area contributed by atoms with E-state index in [0.717, 1.165) is 5.39 Å². The number of carbonyl (C=O) groups excluding carboxylic acids is 2. The number of ether oxygens (including phenoxy) is 2. The standard InChI is InChI=1S/C21H21NO5/c1-3-25-18-10-6-8-15-11-19(27-21(15)18)14(2)22-20(24)13-26-17-9-5-4-7-16(17)12-23/h4-12,14H,3,13H2,1-2H3,(H,22,24). The molecule has 1 aromatic heterocycles. The summed E-state index contributed by atoms with van der Waals surface area (Å²) >= 11 is 0. The SMILES string of the molecule is CCOc1cccc2cc(C(C)NC(=O)COc3ccccc3C=O)oc12. The number of hydrogen-bond donors (Lipinski definition) is 1. The Morgan fingerprint density at radius 2 is 1.93 bits per heavy atom. The van der Waals surface area contributed by atoms with Gasteiger partial charge in [0.15, 0.2) is 24.2 Å². The Bertz CT molecular complexity index is 947. The number of benzene rings is 2. The fraction of sp³-hybridized carbons (Fsp3) is 0.238. The molecule has 6 nitrogen and oxygen atoms in total. The molecule has 6 heteroatoms. The zero-order chi connectivity index (χ0) is 19.2. The number of amides is 1. The summed E-state index contributed by atoms with van der Waals surface area (Å²) < 4.78 is 16.9. The van der Waals surface area contributed by atoms with E-state index in [0.29, 0.717) is 41.3 Å².